The zero-order valence-corrected chi connectivity index (χ0v) is 13.4. The van der Waals surface area contributed by atoms with Gasteiger partial charge < -0.3 is 24.1 Å². The molecule has 0 aromatic rings. The van der Waals surface area contributed by atoms with Gasteiger partial charge in [0.25, 0.3) is 0 Å². The first-order valence-corrected chi connectivity index (χ1v) is 7.29. The molecule has 21 heavy (non-hydrogen) atoms. The molecule has 1 rings (SSSR count). The molecule has 0 spiro atoms. The summed E-state index contributed by atoms with van der Waals surface area (Å²) in [5.74, 6) is -1.99. The van der Waals surface area contributed by atoms with Crippen molar-refractivity contribution in [2.24, 2.45) is 0 Å². The third-order valence-corrected chi connectivity index (χ3v) is 3.31. The molecule has 0 aromatic carbocycles. The summed E-state index contributed by atoms with van der Waals surface area (Å²) in [5, 5.41) is 10.1. The Morgan fingerprint density at radius 1 is 0.952 bits per heavy atom. The molecule has 0 aromatic heterocycles. The molecular formula is C12H17BrO8. The van der Waals surface area contributed by atoms with E-state index in [0.717, 1.165) is 13.8 Å². The molecule has 0 radical (unpaired) electrons. The second-order valence-corrected chi connectivity index (χ2v) is 5.09. The maximum absolute atomic E-state index is 11.2. The lowest BCUT2D eigenvalue weighted by Gasteiger charge is -2.42. The van der Waals surface area contributed by atoms with Gasteiger partial charge in [0.05, 0.1) is 0 Å². The number of hydrogen-bond acceptors (Lipinski definition) is 8. The standard InChI is InChI=1S/C12H17BrO8/c1-5(14)18-9-8(4-13)21-12(17)11(20-7(3)16)10(9)19-6(2)15/h8-12,17H,4H2,1-3H3/t8-,9+,10-,11-,12+/m1/s1. The molecule has 0 bridgehead atoms. The Labute approximate surface area is 129 Å². The normalized spacial score (nSPS) is 32.1. The van der Waals surface area contributed by atoms with Crippen molar-refractivity contribution in [3.8, 4) is 0 Å². The van der Waals surface area contributed by atoms with Crippen LogP contribution in [-0.4, -0.2) is 59.1 Å². The highest BCUT2D eigenvalue weighted by Crippen LogP contribution is 2.28. The minimum absolute atomic E-state index is 0.215. The Bertz CT molecular complexity index is 412. The molecule has 1 fully saturated rings. The monoisotopic (exact) mass is 368 g/mol. The van der Waals surface area contributed by atoms with Crippen LogP contribution >= 0.6 is 15.9 Å². The van der Waals surface area contributed by atoms with Crippen molar-refractivity contribution in [1.29, 1.82) is 0 Å². The first-order chi connectivity index (χ1) is 9.76. The van der Waals surface area contributed by atoms with E-state index >= 15 is 0 Å². The summed E-state index contributed by atoms with van der Waals surface area (Å²) in [4.78, 5) is 33.6. The molecule has 1 saturated heterocycles. The average Bonchev–Trinajstić information content (AvgIpc) is 2.35. The number of aliphatic hydroxyl groups is 1. The molecule has 0 unspecified atom stereocenters. The van der Waals surface area contributed by atoms with E-state index in [9.17, 15) is 19.5 Å². The van der Waals surface area contributed by atoms with Gasteiger partial charge in [0.1, 0.15) is 6.10 Å². The van der Waals surface area contributed by atoms with E-state index in [2.05, 4.69) is 15.9 Å². The smallest absolute Gasteiger partial charge is 0.303 e. The van der Waals surface area contributed by atoms with Crippen molar-refractivity contribution in [2.45, 2.75) is 51.5 Å². The molecule has 0 saturated carbocycles. The van der Waals surface area contributed by atoms with Gasteiger partial charge in [-0.1, -0.05) is 15.9 Å². The van der Waals surface area contributed by atoms with Gasteiger partial charge in [-0.2, -0.15) is 0 Å². The van der Waals surface area contributed by atoms with Gasteiger partial charge >= 0.3 is 17.9 Å². The lowest BCUT2D eigenvalue weighted by Crippen LogP contribution is -2.61. The number of carbonyl (C=O) groups is 3. The summed E-state index contributed by atoms with van der Waals surface area (Å²) in [6, 6.07) is 0. The summed E-state index contributed by atoms with van der Waals surface area (Å²) in [7, 11) is 0. The fourth-order valence-corrected chi connectivity index (χ4v) is 2.52. The van der Waals surface area contributed by atoms with Gasteiger partial charge in [0, 0.05) is 26.1 Å². The van der Waals surface area contributed by atoms with Crippen LogP contribution in [0.1, 0.15) is 20.8 Å². The number of esters is 3. The number of rotatable bonds is 4. The van der Waals surface area contributed by atoms with Crippen LogP contribution in [0.15, 0.2) is 0 Å². The molecule has 1 heterocycles. The highest BCUT2D eigenvalue weighted by molar-refractivity contribution is 9.09. The fourth-order valence-electron chi connectivity index (χ4n) is 2.00. The second-order valence-electron chi connectivity index (χ2n) is 4.44. The summed E-state index contributed by atoms with van der Waals surface area (Å²) >= 11 is 3.16. The minimum Gasteiger partial charge on any atom is -0.456 e. The Kier molecular flexibility index (Phi) is 6.56. The van der Waals surface area contributed by atoms with Crippen LogP contribution in [0.3, 0.4) is 0 Å². The van der Waals surface area contributed by atoms with Gasteiger partial charge in [-0.3, -0.25) is 14.4 Å². The van der Waals surface area contributed by atoms with Crippen LogP contribution in [0.25, 0.3) is 0 Å². The van der Waals surface area contributed by atoms with Crippen LogP contribution in [0, 0.1) is 0 Å². The highest BCUT2D eigenvalue weighted by Gasteiger charge is 2.50. The molecule has 1 aliphatic rings. The van der Waals surface area contributed by atoms with Crippen LogP contribution in [0.2, 0.25) is 0 Å². The van der Waals surface area contributed by atoms with Gasteiger partial charge in [-0.15, -0.1) is 0 Å². The molecule has 8 nitrogen and oxygen atoms in total. The first-order valence-electron chi connectivity index (χ1n) is 6.17. The third kappa shape index (κ3) is 4.94. The summed E-state index contributed by atoms with van der Waals surface area (Å²) in [6.07, 6.45) is -5.74. The van der Waals surface area contributed by atoms with Crippen molar-refractivity contribution in [1.82, 2.24) is 0 Å². The number of aliphatic hydroxyl groups excluding tert-OH is 1. The van der Waals surface area contributed by atoms with E-state index in [4.69, 9.17) is 18.9 Å². The highest BCUT2D eigenvalue weighted by atomic mass is 79.9. The number of ether oxygens (including phenoxy) is 4. The van der Waals surface area contributed by atoms with Crippen molar-refractivity contribution in [3.63, 3.8) is 0 Å². The van der Waals surface area contributed by atoms with Crippen LogP contribution < -0.4 is 0 Å². The molecule has 1 N–H and O–H groups in total. The van der Waals surface area contributed by atoms with Gasteiger partial charge in [-0.05, 0) is 0 Å². The predicted molar refractivity (Wildman–Crippen MR) is 71.3 cm³/mol. The fraction of sp³-hybridized carbons (Fsp3) is 0.750. The maximum Gasteiger partial charge on any atom is 0.303 e. The van der Waals surface area contributed by atoms with Crippen LogP contribution in [0.5, 0.6) is 0 Å². The molecule has 5 atom stereocenters. The molecule has 9 heteroatoms. The van der Waals surface area contributed by atoms with Crippen molar-refractivity contribution in [2.75, 3.05) is 5.33 Å². The lowest BCUT2D eigenvalue weighted by molar-refractivity contribution is -0.287. The summed E-state index contributed by atoms with van der Waals surface area (Å²) in [5.41, 5.74) is 0. The SMILES string of the molecule is CC(=O)O[C@H]1[C@@H](OC(C)=O)[C@@H](O)O[C@H](CBr)[C@@H]1OC(C)=O. The van der Waals surface area contributed by atoms with Crippen molar-refractivity contribution < 1.29 is 38.4 Å². The average molecular weight is 369 g/mol. The Hall–Kier alpha value is -1.19. The largest absolute Gasteiger partial charge is 0.456 e. The zero-order chi connectivity index (χ0) is 16.2. The lowest BCUT2D eigenvalue weighted by atomic mass is 9.99. The molecule has 0 aliphatic carbocycles. The Morgan fingerprint density at radius 3 is 1.81 bits per heavy atom. The Morgan fingerprint density at radius 2 is 1.38 bits per heavy atom. The van der Waals surface area contributed by atoms with E-state index in [-0.39, 0.29) is 5.33 Å². The van der Waals surface area contributed by atoms with E-state index in [1.165, 1.54) is 6.92 Å². The van der Waals surface area contributed by atoms with Crippen LogP contribution in [-0.2, 0) is 33.3 Å². The molecular weight excluding hydrogens is 352 g/mol. The quantitative estimate of drug-likeness (QED) is 0.416. The predicted octanol–water partition coefficient (Wildman–Crippen LogP) is -0.106. The number of alkyl halides is 1. The van der Waals surface area contributed by atoms with Crippen LogP contribution in [0.4, 0.5) is 0 Å². The molecule has 120 valence electrons. The maximum atomic E-state index is 11.2. The van der Waals surface area contributed by atoms with Crippen molar-refractivity contribution >= 4 is 33.8 Å². The van der Waals surface area contributed by atoms with Gasteiger partial charge in [0.15, 0.2) is 24.6 Å². The van der Waals surface area contributed by atoms with Crippen molar-refractivity contribution in [3.05, 3.63) is 0 Å². The van der Waals surface area contributed by atoms with Gasteiger partial charge in [-0.25, -0.2) is 0 Å². The Balaban J connectivity index is 3.08. The molecule has 0 amide bonds. The summed E-state index contributed by atoms with van der Waals surface area (Å²) < 4.78 is 20.3. The number of carbonyl (C=O) groups excluding carboxylic acids is 3. The van der Waals surface area contributed by atoms with E-state index < -0.39 is 48.6 Å². The van der Waals surface area contributed by atoms with Gasteiger partial charge in [0.2, 0.25) is 0 Å². The van der Waals surface area contributed by atoms with E-state index in [0.29, 0.717) is 0 Å². The first kappa shape index (κ1) is 17.9. The number of halogens is 1. The van der Waals surface area contributed by atoms with E-state index in [1.54, 1.807) is 0 Å². The summed E-state index contributed by atoms with van der Waals surface area (Å²) in [6.45, 7) is 3.47. The third-order valence-electron chi connectivity index (χ3n) is 2.67. The number of hydrogen-bond donors (Lipinski definition) is 1. The second kappa shape index (κ2) is 7.71. The topological polar surface area (TPSA) is 108 Å². The minimum atomic E-state index is -1.51. The molecule has 1 aliphatic heterocycles. The zero-order valence-electron chi connectivity index (χ0n) is 11.8. The van der Waals surface area contributed by atoms with E-state index in [1.807, 2.05) is 0 Å².